The number of allylic oxidation sites excluding steroid dienone is 1. The lowest BCUT2D eigenvalue weighted by atomic mass is 9.77. The number of nitrogens with zero attached hydrogens (tertiary/aromatic N) is 1. The fraction of sp³-hybridized carbons (Fsp3) is 0.375. The summed E-state index contributed by atoms with van der Waals surface area (Å²) in [6.45, 7) is 0. The summed E-state index contributed by atoms with van der Waals surface area (Å²) in [4.78, 5) is 26.6. The van der Waals surface area contributed by atoms with Gasteiger partial charge in [-0.1, -0.05) is 24.6 Å². The van der Waals surface area contributed by atoms with Gasteiger partial charge in [0.15, 0.2) is 0 Å². The van der Waals surface area contributed by atoms with Gasteiger partial charge in [-0.15, -0.1) is 0 Å². The maximum Gasteiger partial charge on any atom is 0.258 e. The van der Waals surface area contributed by atoms with Crippen LogP contribution in [0.3, 0.4) is 0 Å². The number of amides is 1. The maximum atomic E-state index is 12.5. The van der Waals surface area contributed by atoms with Crippen LogP contribution in [0.1, 0.15) is 36.3 Å². The van der Waals surface area contributed by atoms with Gasteiger partial charge in [-0.2, -0.15) is 0 Å². The lowest BCUT2D eigenvalue weighted by Crippen LogP contribution is -2.26. The van der Waals surface area contributed by atoms with Crippen molar-refractivity contribution in [1.29, 1.82) is 0 Å². The Labute approximate surface area is 111 Å². The third-order valence-corrected chi connectivity index (χ3v) is 4.70. The molecular formula is C16H15NO2. The molecule has 0 radical (unpaired) electrons. The summed E-state index contributed by atoms with van der Waals surface area (Å²) >= 11 is 0. The highest BCUT2D eigenvalue weighted by Crippen LogP contribution is 2.47. The summed E-state index contributed by atoms with van der Waals surface area (Å²) in [5.74, 6) is 0.256. The Bertz CT molecular complexity index is 644. The van der Waals surface area contributed by atoms with E-state index in [0.29, 0.717) is 5.78 Å². The van der Waals surface area contributed by atoms with Crippen LogP contribution in [0.2, 0.25) is 0 Å². The minimum absolute atomic E-state index is 0.0123. The molecule has 0 saturated heterocycles. The number of carbonyl (C=O) groups is 2. The van der Waals surface area contributed by atoms with Crippen LogP contribution in [0.25, 0.3) is 5.57 Å². The molecule has 1 aromatic rings. The molecular weight excluding hydrogens is 238 g/mol. The van der Waals surface area contributed by atoms with Crippen LogP contribution < -0.4 is 4.90 Å². The van der Waals surface area contributed by atoms with Crippen LogP contribution >= 0.6 is 0 Å². The normalized spacial score (nSPS) is 28.1. The standard InChI is InChI=1S/C16H15NO2/c1-17-13-7-3-5-10-11-6-2-4-9(15(11)18)8-12(14(10)13)16(17)19/h3,5,7-9,11H,2,4,6H2,1H3/t9-,11+/m1/s1. The molecule has 1 amide bonds. The molecule has 2 atom stereocenters. The number of hydrogen-bond acceptors (Lipinski definition) is 2. The minimum atomic E-state index is -0.0653. The molecule has 3 aliphatic rings. The highest BCUT2D eigenvalue weighted by atomic mass is 16.2. The Morgan fingerprint density at radius 3 is 2.89 bits per heavy atom. The van der Waals surface area contributed by atoms with Crippen molar-refractivity contribution in [3.63, 3.8) is 0 Å². The minimum Gasteiger partial charge on any atom is -0.311 e. The van der Waals surface area contributed by atoms with E-state index in [9.17, 15) is 9.59 Å². The number of Topliss-reactive ketones (excluding diaryl/α,β-unsaturated/α-hetero) is 1. The molecule has 96 valence electrons. The predicted octanol–water partition coefficient (Wildman–Crippen LogP) is 2.51. The van der Waals surface area contributed by atoms with Crippen LogP contribution in [0, 0.1) is 5.92 Å². The smallest absolute Gasteiger partial charge is 0.258 e. The van der Waals surface area contributed by atoms with Gasteiger partial charge >= 0.3 is 0 Å². The molecule has 3 heteroatoms. The van der Waals surface area contributed by atoms with E-state index in [1.54, 1.807) is 4.90 Å². The van der Waals surface area contributed by atoms with Crippen molar-refractivity contribution in [2.45, 2.75) is 25.2 Å². The van der Waals surface area contributed by atoms with Gasteiger partial charge in [0.05, 0.1) is 5.69 Å². The fourth-order valence-electron chi connectivity index (χ4n) is 3.73. The van der Waals surface area contributed by atoms with Gasteiger partial charge in [-0.05, 0) is 24.5 Å². The number of rotatable bonds is 0. The van der Waals surface area contributed by atoms with E-state index in [1.165, 1.54) is 0 Å². The summed E-state index contributed by atoms with van der Waals surface area (Å²) < 4.78 is 0. The summed E-state index contributed by atoms with van der Waals surface area (Å²) in [5, 5.41) is 0. The predicted molar refractivity (Wildman–Crippen MR) is 72.9 cm³/mol. The van der Waals surface area contributed by atoms with Crippen molar-refractivity contribution in [3.05, 3.63) is 35.4 Å². The largest absolute Gasteiger partial charge is 0.311 e. The van der Waals surface area contributed by atoms with Gasteiger partial charge < -0.3 is 4.90 Å². The topological polar surface area (TPSA) is 37.4 Å². The Morgan fingerprint density at radius 2 is 2.05 bits per heavy atom. The van der Waals surface area contributed by atoms with Crippen LogP contribution in [0.15, 0.2) is 24.3 Å². The molecule has 1 fully saturated rings. The first-order valence-electron chi connectivity index (χ1n) is 6.85. The van der Waals surface area contributed by atoms with E-state index in [1.807, 2.05) is 31.3 Å². The summed E-state index contributed by atoms with van der Waals surface area (Å²) in [6, 6.07) is 5.95. The first-order chi connectivity index (χ1) is 9.18. The first-order valence-corrected chi connectivity index (χ1v) is 6.85. The zero-order chi connectivity index (χ0) is 13.1. The van der Waals surface area contributed by atoms with Gasteiger partial charge in [0.1, 0.15) is 5.78 Å². The van der Waals surface area contributed by atoms with Crippen LogP contribution in [-0.4, -0.2) is 18.7 Å². The number of hydrogen-bond donors (Lipinski definition) is 0. The van der Waals surface area contributed by atoms with Crippen LogP contribution in [-0.2, 0) is 9.59 Å². The van der Waals surface area contributed by atoms with Gasteiger partial charge in [0.2, 0.25) is 0 Å². The maximum absolute atomic E-state index is 12.5. The molecule has 0 N–H and O–H groups in total. The van der Waals surface area contributed by atoms with Crippen molar-refractivity contribution in [2.75, 3.05) is 11.9 Å². The van der Waals surface area contributed by atoms with Crippen molar-refractivity contribution in [3.8, 4) is 0 Å². The monoisotopic (exact) mass is 253 g/mol. The van der Waals surface area contributed by atoms with Crippen LogP contribution in [0.4, 0.5) is 5.69 Å². The number of benzene rings is 1. The van der Waals surface area contributed by atoms with E-state index in [-0.39, 0.29) is 17.7 Å². The number of anilines is 1. The lowest BCUT2D eigenvalue weighted by molar-refractivity contribution is -0.124. The SMILES string of the molecule is CN1C(=O)C2=C[C@H]3CCC[C@H](C3=O)c3cccc1c32. The Kier molecular flexibility index (Phi) is 2.06. The van der Waals surface area contributed by atoms with Crippen LogP contribution in [0.5, 0.6) is 0 Å². The molecule has 4 rings (SSSR count). The third kappa shape index (κ3) is 1.28. The number of fused-ring (bicyclic) bond motifs is 3. The molecule has 1 heterocycles. The molecule has 2 bridgehead atoms. The zero-order valence-corrected chi connectivity index (χ0v) is 10.8. The quantitative estimate of drug-likeness (QED) is 0.712. The van der Waals surface area contributed by atoms with E-state index >= 15 is 0 Å². The highest BCUT2D eigenvalue weighted by molar-refractivity contribution is 6.33. The Balaban J connectivity index is 2.06. The zero-order valence-electron chi connectivity index (χ0n) is 10.8. The molecule has 0 aromatic heterocycles. The average molecular weight is 253 g/mol. The van der Waals surface area contributed by atoms with Gasteiger partial charge in [0.25, 0.3) is 5.91 Å². The second-order valence-corrected chi connectivity index (χ2v) is 5.68. The molecule has 1 aliphatic heterocycles. The second-order valence-electron chi connectivity index (χ2n) is 5.68. The van der Waals surface area contributed by atoms with Gasteiger partial charge in [-0.25, -0.2) is 0 Å². The van der Waals surface area contributed by atoms with Gasteiger partial charge in [-0.3, -0.25) is 9.59 Å². The molecule has 0 spiro atoms. The average Bonchev–Trinajstić information content (AvgIpc) is 2.64. The van der Waals surface area contributed by atoms with Crippen molar-refractivity contribution in [1.82, 2.24) is 0 Å². The molecule has 1 aromatic carbocycles. The first kappa shape index (κ1) is 11.0. The van der Waals surface area contributed by atoms with Crippen molar-refractivity contribution >= 4 is 23.0 Å². The third-order valence-electron chi connectivity index (χ3n) is 4.70. The van der Waals surface area contributed by atoms with E-state index in [2.05, 4.69) is 0 Å². The highest BCUT2D eigenvalue weighted by Gasteiger charge is 2.41. The molecule has 2 aliphatic carbocycles. The summed E-state index contributed by atoms with van der Waals surface area (Å²) in [7, 11) is 1.81. The molecule has 1 saturated carbocycles. The number of likely N-dealkylation sites (N-methyl/N-ethyl adjacent to an activating group) is 1. The van der Waals surface area contributed by atoms with Crippen molar-refractivity contribution in [2.24, 2.45) is 5.92 Å². The Hall–Kier alpha value is -1.90. The lowest BCUT2D eigenvalue weighted by Gasteiger charge is -2.25. The molecule has 0 unspecified atom stereocenters. The van der Waals surface area contributed by atoms with Crippen molar-refractivity contribution < 1.29 is 9.59 Å². The summed E-state index contributed by atoms with van der Waals surface area (Å²) in [6.07, 6.45) is 4.80. The van der Waals surface area contributed by atoms with E-state index in [4.69, 9.17) is 0 Å². The Morgan fingerprint density at radius 1 is 1.21 bits per heavy atom. The van der Waals surface area contributed by atoms with E-state index in [0.717, 1.165) is 41.6 Å². The second kappa shape index (κ2) is 3.56. The van der Waals surface area contributed by atoms with Gasteiger partial charge in [0, 0.05) is 30.0 Å². The molecule has 19 heavy (non-hydrogen) atoms. The fourth-order valence-corrected chi connectivity index (χ4v) is 3.73. The number of carbonyl (C=O) groups excluding carboxylic acids is 2. The van der Waals surface area contributed by atoms with E-state index < -0.39 is 0 Å². The number of ketones is 1. The molecule has 3 nitrogen and oxygen atoms in total. The summed E-state index contributed by atoms with van der Waals surface area (Å²) in [5.41, 5.74) is 3.77.